The number of nitrogens with two attached hydrogens (primary N) is 1. The zero-order chi connectivity index (χ0) is 8.06. The van der Waals surface area contributed by atoms with Gasteiger partial charge < -0.3 is 15.2 Å². The third kappa shape index (κ3) is 0.684. The molecular weight excluding hydrogens is 146 g/mol. The third-order valence-corrected chi connectivity index (χ3v) is 2.74. The number of rotatable bonds is 1. The van der Waals surface area contributed by atoms with Crippen LogP contribution in [0, 0.1) is 11.8 Å². The Labute approximate surface area is 64.6 Å². The molecule has 2 N–H and O–H groups in total. The van der Waals surface area contributed by atoms with Crippen molar-refractivity contribution in [1.29, 1.82) is 0 Å². The molecule has 11 heavy (non-hydrogen) atoms. The zero-order valence-electron chi connectivity index (χ0n) is 6.37. The fourth-order valence-electron chi connectivity index (χ4n) is 1.87. The number of fused-ring (bicyclic) bond motifs is 1. The van der Waals surface area contributed by atoms with Gasteiger partial charge in [-0.05, 0) is 0 Å². The van der Waals surface area contributed by atoms with Crippen LogP contribution in [-0.2, 0) is 14.3 Å². The van der Waals surface area contributed by atoms with E-state index < -0.39 is 5.54 Å². The summed E-state index contributed by atoms with van der Waals surface area (Å²) in [4.78, 5) is 11.1. The molecule has 1 saturated carbocycles. The Hall–Kier alpha value is -0.610. The monoisotopic (exact) mass is 157 g/mol. The average Bonchev–Trinajstić information content (AvgIpc) is 2.51. The van der Waals surface area contributed by atoms with Gasteiger partial charge >= 0.3 is 5.97 Å². The number of ether oxygens (including phenoxy) is 2. The second kappa shape index (κ2) is 1.95. The van der Waals surface area contributed by atoms with Crippen molar-refractivity contribution >= 4 is 5.97 Å². The van der Waals surface area contributed by atoms with Crippen LogP contribution >= 0.6 is 0 Å². The molecule has 0 radical (unpaired) electrons. The number of esters is 1. The number of methoxy groups -OCH3 is 1. The highest BCUT2D eigenvalue weighted by molar-refractivity contribution is 5.86. The molecule has 0 aromatic carbocycles. The van der Waals surface area contributed by atoms with Crippen LogP contribution in [0.25, 0.3) is 0 Å². The molecule has 1 aliphatic carbocycles. The van der Waals surface area contributed by atoms with Crippen molar-refractivity contribution < 1.29 is 14.3 Å². The van der Waals surface area contributed by atoms with Crippen LogP contribution in [0.1, 0.15) is 0 Å². The van der Waals surface area contributed by atoms with Crippen LogP contribution in [0.15, 0.2) is 0 Å². The molecule has 2 fully saturated rings. The van der Waals surface area contributed by atoms with Crippen molar-refractivity contribution in [3.05, 3.63) is 0 Å². The first-order valence-electron chi connectivity index (χ1n) is 3.66. The van der Waals surface area contributed by atoms with E-state index in [2.05, 4.69) is 4.74 Å². The van der Waals surface area contributed by atoms with Gasteiger partial charge in [-0.15, -0.1) is 0 Å². The predicted molar refractivity (Wildman–Crippen MR) is 36.7 cm³/mol. The van der Waals surface area contributed by atoms with Gasteiger partial charge in [0.2, 0.25) is 0 Å². The Morgan fingerprint density at radius 3 is 2.64 bits per heavy atom. The highest BCUT2D eigenvalue weighted by atomic mass is 16.5. The van der Waals surface area contributed by atoms with E-state index in [0.717, 1.165) is 0 Å². The molecule has 1 aliphatic heterocycles. The van der Waals surface area contributed by atoms with Crippen LogP contribution in [0.2, 0.25) is 0 Å². The summed E-state index contributed by atoms with van der Waals surface area (Å²) in [7, 11) is 1.37. The van der Waals surface area contributed by atoms with Crippen molar-refractivity contribution in [2.45, 2.75) is 5.54 Å². The Morgan fingerprint density at radius 1 is 1.64 bits per heavy atom. The lowest BCUT2D eigenvalue weighted by Gasteiger charge is -2.11. The highest BCUT2D eigenvalue weighted by Crippen LogP contribution is 2.53. The maximum atomic E-state index is 11.1. The second-order valence-corrected chi connectivity index (χ2v) is 3.18. The van der Waals surface area contributed by atoms with Gasteiger partial charge in [-0.1, -0.05) is 0 Å². The van der Waals surface area contributed by atoms with Gasteiger partial charge in [-0.2, -0.15) is 0 Å². The Kier molecular flexibility index (Phi) is 1.25. The molecule has 2 aliphatic rings. The van der Waals surface area contributed by atoms with Crippen molar-refractivity contribution in [3.63, 3.8) is 0 Å². The largest absolute Gasteiger partial charge is 0.468 e. The zero-order valence-corrected chi connectivity index (χ0v) is 6.37. The molecule has 2 rings (SSSR count). The molecule has 0 aromatic heterocycles. The fourth-order valence-corrected chi connectivity index (χ4v) is 1.87. The van der Waals surface area contributed by atoms with Crippen LogP contribution < -0.4 is 5.73 Å². The van der Waals surface area contributed by atoms with E-state index in [1.807, 2.05) is 0 Å². The van der Waals surface area contributed by atoms with Crippen LogP contribution in [-0.4, -0.2) is 31.8 Å². The maximum Gasteiger partial charge on any atom is 0.326 e. The quantitative estimate of drug-likeness (QED) is 0.503. The van der Waals surface area contributed by atoms with E-state index in [4.69, 9.17) is 10.5 Å². The summed E-state index contributed by atoms with van der Waals surface area (Å²) in [5.41, 5.74) is 5.08. The van der Waals surface area contributed by atoms with Crippen LogP contribution in [0.4, 0.5) is 0 Å². The summed E-state index contributed by atoms with van der Waals surface area (Å²) in [5.74, 6) is 0.112. The lowest BCUT2D eigenvalue weighted by molar-refractivity contribution is -0.145. The lowest BCUT2D eigenvalue weighted by Crippen LogP contribution is -2.40. The first-order valence-corrected chi connectivity index (χ1v) is 3.66. The van der Waals surface area contributed by atoms with Crippen molar-refractivity contribution in [1.82, 2.24) is 0 Å². The first kappa shape index (κ1) is 7.06. The topological polar surface area (TPSA) is 61.5 Å². The van der Waals surface area contributed by atoms with Gasteiger partial charge in [0, 0.05) is 11.8 Å². The van der Waals surface area contributed by atoms with E-state index in [9.17, 15) is 4.79 Å². The summed E-state index contributed by atoms with van der Waals surface area (Å²) in [6.45, 7) is 1.21. The van der Waals surface area contributed by atoms with E-state index >= 15 is 0 Å². The van der Waals surface area contributed by atoms with Gasteiger partial charge in [-0.25, -0.2) is 0 Å². The van der Waals surface area contributed by atoms with Crippen molar-refractivity contribution in [2.24, 2.45) is 17.6 Å². The summed E-state index contributed by atoms with van der Waals surface area (Å²) >= 11 is 0. The Morgan fingerprint density at radius 2 is 2.18 bits per heavy atom. The third-order valence-electron chi connectivity index (χ3n) is 2.74. The van der Waals surface area contributed by atoms with Crippen LogP contribution in [0.5, 0.6) is 0 Å². The molecule has 2 atom stereocenters. The van der Waals surface area contributed by atoms with E-state index in [0.29, 0.717) is 13.2 Å². The minimum atomic E-state index is -0.715. The summed E-state index contributed by atoms with van der Waals surface area (Å²) < 4.78 is 9.70. The van der Waals surface area contributed by atoms with Gasteiger partial charge in [0.1, 0.15) is 5.54 Å². The number of carbonyl (C=O) groups is 1. The minimum absolute atomic E-state index is 0.204. The fraction of sp³-hybridized carbons (Fsp3) is 0.857. The average molecular weight is 157 g/mol. The molecule has 0 spiro atoms. The molecule has 0 aromatic rings. The first-order chi connectivity index (χ1) is 5.21. The van der Waals surface area contributed by atoms with Crippen LogP contribution in [0.3, 0.4) is 0 Å². The standard InChI is InChI=1S/C7H11NO3/c1-10-6(9)7(8)4-2-11-3-5(4)7/h4-5H,2-3,8H2,1H3. The van der Waals surface area contributed by atoms with Gasteiger partial charge in [0.15, 0.2) is 0 Å². The SMILES string of the molecule is COC(=O)C1(N)C2COCC21. The Balaban J connectivity index is 2.10. The summed E-state index contributed by atoms with van der Waals surface area (Å²) in [6.07, 6.45) is 0. The van der Waals surface area contributed by atoms with E-state index in [1.54, 1.807) is 0 Å². The van der Waals surface area contributed by atoms with Gasteiger partial charge in [0.25, 0.3) is 0 Å². The molecule has 4 heteroatoms. The number of carbonyl (C=O) groups excluding carboxylic acids is 1. The molecule has 1 saturated heterocycles. The lowest BCUT2D eigenvalue weighted by atomic mass is 10.2. The number of hydrogen-bond acceptors (Lipinski definition) is 4. The van der Waals surface area contributed by atoms with E-state index in [1.165, 1.54) is 7.11 Å². The normalized spacial score (nSPS) is 46.7. The predicted octanol–water partition coefficient (Wildman–Crippen LogP) is -0.867. The van der Waals surface area contributed by atoms with E-state index in [-0.39, 0.29) is 17.8 Å². The maximum absolute atomic E-state index is 11.1. The molecule has 62 valence electrons. The van der Waals surface area contributed by atoms with Crippen molar-refractivity contribution in [2.75, 3.05) is 20.3 Å². The highest BCUT2D eigenvalue weighted by Gasteiger charge is 2.70. The van der Waals surface area contributed by atoms with Gasteiger partial charge in [0.05, 0.1) is 20.3 Å². The molecule has 4 nitrogen and oxygen atoms in total. The minimum Gasteiger partial charge on any atom is -0.468 e. The molecule has 0 bridgehead atoms. The second-order valence-electron chi connectivity index (χ2n) is 3.18. The molecular formula is C7H11NO3. The summed E-state index contributed by atoms with van der Waals surface area (Å²) in [5, 5.41) is 0. The van der Waals surface area contributed by atoms with Crippen molar-refractivity contribution in [3.8, 4) is 0 Å². The van der Waals surface area contributed by atoms with Gasteiger partial charge in [-0.3, -0.25) is 4.79 Å². The summed E-state index contributed by atoms with van der Waals surface area (Å²) in [6, 6.07) is 0. The number of hydrogen-bond donors (Lipinski definition) is 1. The molecule has 1 heterocycles. The molecule has 0 amide bonds. The smallest absolute Gasteiger partial charge is 0.326 e. The molecule has 2 unspecified atom stereocenters. The Bertz CT molecular complexity index is 194.